The summed E-state index contributed by atoms with van der Waals surface area (Å²) in [5.41, 5.74) is 1.27. The summed E-state index contributed by atoms with van der Waals surface area (Å²) in [6, 6.07) is 8.62. The van der Waals surface area contributed by atoms with Crippen LogP contribution >= 0.6 is 0 Å². The van der Waals surface area contributed by atoms with Gasteiger partial charge < -0.3 is 4.74 Å². The molecule has 122 valence electrons. The predicted molar refractivity (Wildman–Crippen MR) is 95.6 cm³/mol. The van der Waals surface area contributed by atoms with Crippen LogP contribution in [0.1, 0.15) is 77.7 Å². The van der Waals surface area contributed by atoms with Gasteiger partial charge in [0.15, 0.2) is 0 Å². The Bertz CT molecular complexity index is 458. The Hall–Kier alpha value is -1.24. The van der Waals surface area contributed by atoms with Crippen LogP contribution < -0.4 is 4.74 Å². The molecule has 1 aliphatic rings. The van der Waals surface area contributed by atoms with Gasteiger partial charge in [-0.15, -0.1) is 0 Å². The standard InChI is InChI=1S/C21H32O/c1-17(9-8-12-18-10-6-5-7-11-18)19-13-15-20(16-14-19)22-21(2,3)4/h8,12-18H,5-7,9-11H2,1-4H3/b12-8+/t17-/m0/s1. The van der Waals surface area contributed by atoms with E-state index in [1.807, 2.05) is 0 Å². The van der Waals surface area contributed by atoms with Crippen molar-refractivity contribution in [3.8, 4) is 5.75 Å². The highest BCUT2D eigenvalue weighted by Crippen LogP contribution is 2.27. The van der Waals surface area contributed by atoms with E-state index in [9.17, 15) is 0 Å². The summed E-state index contributed by atoms with van der Waals surface area (Å²) in [5, 5.41) is 0. The summed E-state index contributed by atoms with van der Waals surface area (Å²) in [6.07, 6.45) is 13.1. The van der Waals surface area contributed by atoms with E-state index in [1.54, 1.807) is 0 Å². The summed E-state index contributed by atoms with van der Waals surface area (Å²) in [7, 11) is 0. The Morgan fingerprint density at radius 1 is 1.09 bits per heavy atom. The maximum atomic E-state index is 5.88. The molecule has 1 saturated carbocycles. The Labute approximate surface area is 136 Å². The molecule has 0 bridgehead atoms. The molecule has 0 saturated heterocycles. The third-order valence-corrected chi connectivity index (χ3v) is 4.42. The number of benzene rings is 1. The van der Waals surface area contributed by atoms with E-state index in [4.69, 9.17) is 4.74 Å². The summed E-state index contributed by atoms with van der Waals surface area (Å²) >= 11 is 0. The third kappa shape index (κ3) is 5.87. The van der Waals surface area contributed by atoms with Crippen molar-refractivity contribution >= 4 is 0 Å². The number of rotatable bonds is 5. The first-order valence-electron chi connectivity index (χ1n) is 8.90. The zero-order valence-electron chi connectivity index (χ0n) is 14.8. The fraction of sp³-hybridized carbons (Fsp3) is 0.619. The minimum atomic E-state index is -0.129. The largest absolute Gasteiger partial charge is 0.488 e. The summed E-state index contributed by atoms with van der Waals surface area (Å²) in [4.78, 5) is 0. The molecular formula is C21H32O. The van der Waals surface area contributed by atoms with Crippen LogP contribution in [-0.4, -0.2) is 5.60 Å². The molecule has 0 aliphatic heterocycles. The molecular weight excluding hydrogens is 268 g/mol. The number of hydrogen-bond donors (Lipinski definition) is 0. The molecule has 22 heavy (non-hydrogen) atoms. The van der Waals surface area contributed by atoms with Gasteiger partial charge in [-0.05, 0) is 69.6 Å². The monoisotopic (exact) mass is 300 g/mol. The van der Waals surface area contributed by atoms with Crippen LogP contribution in [-0.2, 0) is 0 Å². The second-order valence-electron chi connectivity index (χ2n) is 7.75. The van der Waals surface area contributed by atoms with Crippen molar-refractivity contribution in [3.05, 3.63) is 42.0 Å². The highest BCUT2D eigenvalue weighted by molar-refractivity contribution is 5.30. The van der Waals surface area contributed by atoms with Crippen molar-refractivity contribution in [1.82, 2.24) is 0 Å². The van der Waals surface area contributed by atoms with E-state index in [-0.39, 0.29) is 5.60 Å². The maximum Gasteiger partial charge on any atom is 0.120 e. The molecule has 1 aromatic rings. The van der Waals surface area contributed by atoms with Gasteiger partial charge in [0.2, 0.25) is 0 Å². The lowest BCUT2D eigenvalue weighted by atomic mass is 9.88. The molecule has 2 rings (SSSR count). The smallest absolute Gasteiger partial charge is 0.120 e. The minimum Gasteiger partial charge on any atom is -0.488 e. The lowest BCUT2D eigenvalue weighted by Crippen LogP contribution is -2.22. The van der Waals surface area contributed by atoms with Gasteiger partial charge in [0, 0.05) is 0 Å². The molecule has 1 fully saturated rings. The second kappa shape index (κ2) is 7.85. The van der Waals surface area contributed by atoms with Crippen LogP contribution in [0.4, 0.5) is 0 Å². The predicted octanol–water partition coefficient (Wildman–Crippen LogP) is 6.49. The number of hydrogen-bond acceptors (Lipinski definition) is 1. The zero-order valence-corrected chi connectivity index (χ0v) is 14.8. The SMILES string of the molecule is C[C@@H](C/C=C/C1CCCCC1)c1ccc(OC(C)(C)C)cc1. The first-order valence-corrected chi connectivity index (χ1v) is 8.90. The average molecular weight is 300 g/mol. The first-order chi connectivity index (χ1) is 10.4. The van der Waals surface area contributed by atoms with Crippen molar-refractivity contribution in [3.63, 3.8) is 0 Å². The van der Waals surface area contributed by atoms with Crippen LogP contribution in [0.2, 0.25) is 0 Å². The highest BCUT2D eigenvalue weighted by Gasteiger charge is 2.12. The second-order valence-corrected chi connectivity index (χ2v) is 7.75. The number of allylic oxidation sites excluding steroid dienone is 2. The van der Waals surface area contributed by atoms with Crippen LogP contribution in [0.5, 0.6) is 5.75 Å². The molecule has 0 heterocycles. The van der Waals surface area contributed by atoms with Gasteiger partial charge in [0.05, 0.1) is 0 Å². The lowest BCUT2D eigenvalue weighted by molar-refractivity contribution is 0.131. The van der Waals surface area contributed by atoms with E-state index >= 15 is 0 Å². The van der Waals surface area contributed by atoms with Gasteiger partial charge in [-0.1, -0.05) is 50.5 Å². The van der Waals surface area contributed by atoms with Crippen molar-refractivity contribution in [2.45, 2.75) is 77.7 Å². The highest BCUT2D eigenvalue weighted by atomic mass is 16.5. The van der Waals surface area contributed by atoms with E-state index < -0.39 is 0 Å². The Morgan fingerprint density at radius 2 is 1.73 bits per heavy atom. The van der Waals surface area contributed by atoms with Gasteiger partial charge in [-0.2, -0.15) is 0 Å². The lowest BCUT2D eigenvalue weighted by Gasteiger charge is -2.21. The van der Waals surface area contributed by atoms with Gasteiger partial charge >= 0.3 is 0 Å². The fourth-order valence-corrected chi connectivity index (χ4v) is 3.16. The van der Waals surface area contributed by atoms with Crippen molar-refractivity contribution in [2.24, 2.45) is 5.92 Å². The molecule has 1 atom stereocenters. The molecule has 0 aromatic heterocycles. The molecule has 0 amide bonds. The molecule has 1 aromatic carbocycles. The van der Waals surface area contributed by atoms with Gasteiger partial charge in [0.1, 0.15) is 11.4 Å². The van der Waals surface area contributed by atoms with E-state index in [2.05, 4.69) is 64.1 Å². The molecule has 1 heteroatoms. The normalized spacial score (nSPS) is 18.5. The molecule has 0 radical (unpaired) electrons. The Balaban J connectivity index is 1.84. The Kier molecular flexibility index (Phi) is 6.11. The van der Waals surface area contributed by atoms with Gasteiger partial charge in [-0.25, -0.2) is 0 Å². The van der Waals surface area contributed by atoms with E-state index in [0.29, 0.717) is 5.92 Å². The van der Waals surface area contributed by atoms with E-state index in [1.165, 1.54) is 37.7 Å². The summed E-state index contributed by atoms with van der Waals surface area (Å²) < 4.78 is 5.88. The topological polar surface area (TPSA) is 9.23 Å². The quantitative estimate of drug-likeness (QED) is 0.564. The molecule has 0 unspecified atom stereocenters. The molecule has 0 spiro atoms. The van der Waals surface area contributed by atoms with Crippen molar-refractivity contribution < 1.29 is 4.74 Å². The third-order valence-electron chi connectivity index (χ3n) is 4.42. The fourth-order valence-electron chi connectivity index (χ4n) is 3.16. The van der Waals surface area contributed by atoms with Crippen LogP contribution in [0.25, 0.3) is 0 Å². The van der Waals surface area contributed by atoms with Gasteiger partial charge in [0.25, 0.3) is 0 Å². The van der Waals surface area contributed by atoms with E-state index in [0.717, 1.165) is 18.1 Å². The van der Waals surface area contributed by atoms with Crippen molar-refractivity contribution in [2.75, 3.05) is 0 Å². The zero-order chi connectivity index (χ0) is 16.0. The van der Waals surface area contributed by atoms with Crippen LogP contribution in [0.15, 0.2) is 36.4 Å². The molecule has 1 nitrogen and oxygen atoms in total. The molecule has 1 aliphatic carbocycles. The first kappa shape index (κ1) is 17.1. The number of ether oxygens (including phenoxy) is 1. The minimum absolute atomic E-state index is 0.129. The average Bonchev–Trinajstić information content (AvgIpc) is 2.47. The molecule has 0 N–H and O–H groups in total. The van der Waals surface area contributed by atoms with Crippen molar-refractivity contribution in [1.29, 1.82) is 0 Å². The maximum absolute atomic E-state index is 5.88. The Morgan fingerprint density at radius 3 is 2.32 bits per heavy atom. The van der Waals surface area contributed by atoms with Crippen LogP contribution in [0, 0.1) is 5.92 Å². The summed E-state index contributed by atoms with van der Waals surface area (Å²) in [5.74, 6) is 2.37. The van der Waals surface area contributed by atoms with Gasteiger partial charge in [-0.3, -0.25) is 0 Å². The van der Waals surface area contributed by atoms with Crippen LogP contribution in [0.3, 0.4) is 0 Å². The summed E-state index contributed by atoms with van der Waals surface area (Å²) in [6.45, 7) is 8.56.